The van der Waals surface area contributed by atoms with E-state index in [4.69, 9.17) is 4.42 Å². The van der Waals surface area contributed by atoms with Crippen LogP contribution >= 0.6 is 0 Å². The molecule has 3 aromatic rings. The van der Waals surface area contributed by atoms with Crippen LogP contribution in [0.4, 0.5) is 5.82 Å². The Balaban J connectivity index is 1.83. The molecule has 0 spiro atoms. The second-order valence-corrected chi connectivity index (χ2v) is 5.61. The highest BCUT2D eigenvalue weighted by Gasteiger charge is 2.13. The summed E-state index contributed by atoms with van der Waals surface area (Å²) in [5, 5.41) is 3.85. The molecule has 0 fully saturated rings. The van der Waals surface area contributed by atoms with Crippen molar-refractivity contribution in [3.8, 4) is 0 Å². The van der Waals surface area contributed by atoms with Crippen molar-refractivity contribution >= 4 is 22.7 Å². The number of furan rings is 1. The van der Waals surface area contributed by atoms with E-state index in [1.165, 1.54) is 0 Å². The van der Waals surface area contributed by atoms with Crippen molar-refractivity contribution in [1.82, 2.24) is 4.98 Å². The number of rotatable bonds is 3. The van der Waals surface area contributed by atoms with E-state index in [-0.39, 0.29) is 12.3 Å². The van der Waals surface area contributed by atoms with Gasteiger partial charge in [0, 0.05) is 16.6 Å². The average Bonchev–Trinajstić information content (AvgIpc) is 2.81. The monoisotopic (exact) mass is 294 g/mol. The zero-order valence-electron chi connectivity index (χ0n) is 12.9. The largest absolute Gasteiger partial charge is 0.464 e. The van der Waals surface area contributed by atoms with E-state index in [0.29, 0.717) is 5.82 Å². The molecule has 0 unspecified atom stereocenters. The minimum atomic E-state index is -0.0965. The summed E-state index contributed by atoms with van der Waals surface area (Å²) < 4.78 is 5.59. The molecule has 3 rings (SSSR count). The first kappa shape index (κ1) is 14.3. The second kappa shape index (κ2) is 5.64. The SMILES string of the molecule is Cc1cc(C)c2c(CC(=O)Nc3cccc(C)n3)coc2c1. The number of anilines is 1. The van der Waals surface area contributed by atoms with Gasteiger partial charge >= 0.3 is 0 Å². The number of nitrogens with zero attached hydrogens (tertiary/aromatic N) is 1. The Morgan fingerprint density at radius 1 is 1.23 bits per heavy atom. The zero-order valence-corrected chi connectivity index (χ0v) is 12.9. The number of aromatic nitrogens is 1. The first-order valence-electron chi connectivity index (χ1n) is 7.24. The molecule has 22 heavy (non-hydrogen) atoms. The summed E-state index contributed by atoms with van der Waals surface area (Å²) in [7, 11) is 0. The summed E-state index contributed by atoms with van der Waals surface area (Å²) in [6, 6.07) is 9.64. The van der Waals surface area contributed by atoms with Gasteiger partial charge in [0.05, 0.1) is 12.7 Å². The first-order chi connectivity index (χ1) is 10.5. The lowest BCUT2D eigenvalue weighted by atomic mass is 10.0. The Bertz CT molecular complexity index is 849. The van der Waals surface area contributed by atoms with Crippen LogP contribution in [0.1, 0.15) is 22.4 Å². The minimum Gasteiger partial charge on any atom is -0.464 e. The third kappa shape index (κ3) is 2.86. The Kier molecular flexibility index (Phi) is 3.67. The highest BCUT2D eigenvalue weighted by atomic mass is 16.3. The lowest BCUT2D eigenvalue weighted by Gasteiger charge is -2.05. The second-order valence-electron chi connectivity index (χ2n) is 5.61. The summed E-state index contributed by atoms with van der Waals surface area (Å²) >= 11 is 0. The van der Waals surface area contributed by atoms with E-state index in [0.717, 1.165) is 33.4 Å². The van der Waals surface area contributed by atoms with Crippen molar-refractivity contribution in [2.24, 2.45) is 0 Å². The quantitative estimate of drug-likeness (QED) is 0.796. The Hall–Kier alpha value is -2.62. The number of nitrogens with one attached hydrogen (secondary N) is 1. The molecule has 0 bridgehead atoms. The molecule has 4 heteroatoms. The highest BCUT2D eigenvalue weighted by molar-refractivity contribution is 5.95. The molecule has 1 amide bonds. The lowest BCUT2D eigenvalue weighted by Crippen LogP contribution is -2.15. The number of benzene rings is 1. The highest BCUT2D eigenvalue weighted by Crippen LogP contribution is 2.26. The summed E-state index contributed by atoms with van der Waals surface area (Å²) in [6.45, 7) is 5.96. The molecule has 112 valence electrons. The van der Waals surface area contributed by atoms with E-state index in [1.807, 2.05) is 39.0 Å². The minimum absolute atomic E-state index is 0.0965. The normalized spacial score (nSPS) is 10.9. The van der Waals surface area contributed by atoms with E-state index < -0.39 is 0 Å². The van der Waals surface area contributed by atoms with Crippen molar-refractivity contribution in [1.29, 1.82) is 0 Å². The molecule has 2 heterocycles. The van der Waals surface area contributed by atoms with Crippen molar-refractivity contribution < 1.29 is 9.21 Å². The summed E-state index contributed by atoms with van der Waals surface area (Å²) in [5.74, 6) is 0.478. The first-order valence-corrected chi connectivity index (χ1v) is 7.24. The molecular weight excluding hydrogens is 276 g/mol. The van der Waals surface area contributed by atoms with E-state index in [9.17, 15) is 4.79 Å². The molecule has 0 saturated carbocycles. The maximum atomic E-state index is 12.2. The number of carbonyl (C=O) groups excluding carboxylic acids is 1. The average molecular weight is 294 g/mol. The summed E-state index contributed by atoms with van der Waals surface area (Å²) in [6.07, 6.45) is 1.94. The predicted octanol–water partition coefficient (Wildman–Crippen LogP) is 3.93. The van der Waals surface area contributed by atoms with Gasteiger partial charge < -0.3 is 9.73 Å². The maximum absolute atomic E-state index is 12.2. The maximum Gasteiger partial charge on any atom is 0.230 e. The molecule has 0 aliphatic rings. The lowest BCUT2D eigenvalue weighted by molar-refractivity contribution is -0.115. The van der Waals surface area contributed by atoms with Crippen molar-refractivity contribution in [3.05, 3.63) is 59.0 Å². The number of aryl methyl sites for hydroxylation is 3. The van der Waals surface area contributed by atoms with Gasteiger partial charge in [-0.2, -0.15) is 0 Å². The van der Waals surface area contributed by atoms with Crippen LogP contribution in [0.15, 0.2) is 41.0 Å². The fourth-order valence-electron chi connectivity index (χ4n) is 2.73. The van der Waals surface area contributed by atoms with Gasteiger partial charge in [-0.25, -0.2) is 4.98 Å². The third-order valence-electron chi connectivity index (χ3n) is 3.60. The molecule has 4 nitrogen and oxygen atoms in total. The van der Waals surface area contributed by atoms with Crippen LogP contribution in [-0.4, -0.2) is 10.9 Å². The number of pyridine rings is 1. The number of amides is 1. The Labute approximate surface area is 129 Å². The number of hydrogen-bond donors (Lipinski definition) is 1. The molecule has 0 atom stereocenters. The van der Waals surface area contributed by atoms with Gasteiger partial charge in [0.2, 0.25) is 5.91 Å². The van der Waals surface area contributed by atoms with Gasteiger partial charge in [-0.1, -0.05) is 12.1 Å². The molecule has 0 radical (unpaired) electrons. The van der Waals surface area contributed by atoms with Gasteiger partial charge in [0.25, 0.3) is 0 Å². The van der Waals surface area contributed by atoms with Crippen molar-refractivity contribution in [2.75, 3.05) is 5.32 Å². The van der Waals surface area contributed by atoms with E-state index in [1.54, 1.807) is 12.3 Å². The molecule has 0 aliphatic carbocycles. The number of carbonyl (C=O) groups is 1. The van der Waals surface area contributed by atoms with Gasteiger partial charge in [0.1, 0.15) is 11.4 Å². The fourth-order valence-corrected chi connectivity index (χ4v) is 2.73. The predicted molar refractivity (Wildman–Crippen MR) is 87.0 cm³/mol. The third-order valence-corrected chi connectivity index (χ3v) is 3.60. The van der Waals surface area contributed by atoms with Crippen molar-refractivity contribution in [3.63, 3.8) is 0 Å². The van der Waals surface area contributed by atoms with Crippen molar-refractivity contribution in [2.45, 2.75) is 27.2 Å². The molecule has 2 aromatic heterocycles. The van der Waals surface area contributed by atoms with E-state index in [2.05, 4.69) is 16.4 Å². The summed E-state index contributed by atoms with van der Waals surface area (Å²) in [5.41, 5.74) is 4.88. The molecular formula is C18H18N2O2. The van der Waals surface area contributed by atoms with Gasteiger partial charge in [-0.3, -0.25) is 4.79 Å². The standard InChI is InChI=1S/C18H18N2O2/c1-11-7-12(2)18-14(10-22-15(18)8-11)9-17(21)20-16-6-4-5-13(3)19-16/h4-8,10H,9H2,1-3H3,(H,19,20,21). The van der Waals surface area contributed by atoms with Gasteiger partial charge in [-0.15, -0.1) is 0 Å². The van der Waals surface area contributed by atoms with Gasteiger partial charge in [-0.05, 0) is 50.1 Å². The van der Waals surface area contributed by atoms with Crippen LogP contribution in [0.25, 0.3) is 11.0 Å². The van der Waals surface area contributed by atoms with Crippen LogP contribution in [-0.2, 0) is 11.2 Å². The zero-order chi connectivity index (χ0) is 15.7. The van der Waals surface area contributed by atoms with E-state index >= 15 is 0 Å². The smallest absolute Gasteiger partial charge is 0.230 e. The number of fused-ring (bicyclic) bond motifs is 1. The molecule has 1 aromatic carbocycles. The molecule has 1 N–H and O–H groups in total. The van der Waals surface area contributed by atoms with Crippen LogP contribution in [0, 0.1) is 20.8 Å². The van der Waals surface area contributed by atoms with Crippen LogP contribution < -0.4 is 5.32 Å². The fraction of sp³-hybridized carbons (Fsp3) is 0.222. The van der Waals surface area contributed by atoms with Gasteiger partial charge in [0.15, 0.2) is 0 Å². The Morgan fingerprint density at radius 3 is 2.82 bits per heavy atom. The van der Waals surface area contributed by atoms with Crippen LogP contribution in [0.3, 0.4) is 0 Å². The van der Waals surface area contributed by atoms with Crippen LogP contribution in [0.2, 0.25) is 0 Å². The molecule has 0 aliphatic heterocycles. The Morgan fingerprint density at radius 2 is 2.05 bits per heavy atom. The number of hydrogen-bond acceptors (Lipinski definition) is 3. The molecule has 0 saturated heterocycles. The summed E-state index contributed by atoms with van der Waals surface area (Å²) in [4.78, 5) is 16.5. The topological polar surface area (TPSA) is 55.1 Å². The van der Waals surface area contributed by atoms with Crippen LogP contribution in [0.5, 0.6) is 0 Å².